The Morgan fingerprint density at radius 1 is 1.10 bits per heavy atom. The van der Waals surface area contributed by atoms with Gasteiger partial charge in [-0.1, -0.05) is 35.5 Å². The number of hydrogen-bond acceptors (Lipinski definition) is 5. The first-order chi connectivity index (χ1) is 10.3. The molecule has 0 amide bonds. The van der Waals surface area contributed by atoms with Crippen LogP contribution in [0.25, 0.3) is 11.4 Å². The number of rotatable bonds is 5. The lowest BCUT2D eigenvalue weighted by Crippen LogP contribution is -2.11. The maximum atomic E-state index is 6.12. The Morgan fingerprint density at radius 3 is 2.71 bits per heavy atom. The van der Waals surface area contributed by atoms with E-state index in [0.717, 1.165) is 18.4 Å². The van der Waals surface area contributed by atoms with Gasteiger partial charge in [-0.15, -0.1) is 0 Å². The molecule has 0 saturated heterocycles. The summed E-state index contributed by atoms with van der Waals surface area (Å²) in [6.07, 6.45) is 5.05. The van der Waals surface area contributed by atoms with Crippen LogP contribution in [0.2, 0.25) is 0 Å². The molecular formula is C16H16N4O. The van der Waals surface area contributed by atoms with Gasteiger partial charge in [-0.3, -0.25) is 4.98 Å². The monoisotopic (exact) mass is 280 g/mol. The van der Waals surface area contributed by atoms with Gasteiger partial charge >= 0.3 is 0 Å². The van der Waals surface area contributed by atoms with Gasteiger partial charge in [0.1, 0.15) is 0 Å². The van der Waals surface area contributed by atoms with Crippen molar-refractivity contribution in [3.05, 3.63) is 66.3 Å². The van der Waals surface area contributed by atoms with Gasteiger partial charge in [0.15, 0.2) is 0 Å². The van der Waals surface area contributed by atoms with Crippen LogP contribution in [0.4, 0.5) is 0 Å². The summed E-state index contributed by atoms with van der Waals surface area (Å²) in [6.45, 7) is 0. The van der Waals surface area contributed by atoms with Crippen LogP contribution >= 0.6 is 0 Å². The Hall–Kier alpha value is -2.53. The van der Waals surface area contributed by atoms with E-state index in [1.807, 2.05) is 30.3 Å². The molecule has 0 radical (unpaired) electrons. The van der Waals surface area contributed by atoms with Gasteiger partial charge in [0.25, 0.3) is 0 Å². The number of aryl methyl sites for hydroxylation is 1. The van der Waals surface area contributed by atoms with Crippen molar-refractivity contribution < 1.29 is 4.52 Å². The summed E-state index contributed by atoms with van der Waals surface area (Å²) in [4.78, 5) is 8.39. The second kappa shape index (κ2) is 6.28. The second-order valence-electron chi connectivity index (χ2n) is 4.83. The highest BCUT2D eigenvalue weighted by molar-refractivity contribution is 5.51. The molecule has 1 atom stereocenters. The number of aromatic nitrogens is 3. The first kappa shape index (κ1) is 13.5. The third-order valence-electron chi connectivity index (χ3n) is 3.27. The molecule has 3 aromatic rings. The molecule has 5 heteroatoms. The Bertz CT molecular complexity index is 682. The molecule has 2 N–H and O–H groups in total. The van der Waals surface area contributed by atoms with E-state index in [-0.39, 0.29) is 6.04 Å². The molecule has 3 rings (SSSR count). The highest BCUT2D eigenvalue weighted by Crippen LogP contribution is 2.19. The third-order valence-corrected chi connectivity index (χ3v) is 3.27. The Morgan fingerprint density at radius 2 is 1.95 bits per heavy atom. The van der Waals surface area contributed by atoms with Crippen molar-refractivity contribution in [1.29, 1.82) is 0 Å². The molecule has 0 saturated carbocycles. The van der Waals surface area contributed by atoms with Crippen LogP contribution in [-0.2, 0) is 6.42 Å². The van der Waals surface area contributed by atoms with E-state index in [1.54, 1.807) is 12.4 Å². The Kier molecular flexibility index (Phi) is 4.02. The van der Waals surface area contributed by atoms with Crippen molar-refractivity contribution in [3.63, 3.8) is 0 Å². The predicted octanol–water partition coefficient (Wildman–Crippen LogP) is 2.76. The minimum absolute atomic E-state index is 0.261. The molecule has 0 aliphatic carbocycles. The third kappa shape index (κ3) is 3.32. The SMILES string of the molecule is NC(CCc1ccccc1)c1nc(-c2cccnc2)no1. The average molecular weight is 280 g/mol. The molecular weight excluding hydrogens is 264 g/mol. The molecule has 21 heavy (non-hydrogen) atoms. The van der Waals surface area contributed by atoms with Crippen molar-refractivity contribution in [2.24, 2.45) is 5.73 Å². The molecule has 0 spiro atoms. The molecule has 0 fully saturated rings. The zero-order valence-electron chi connectivity index (χ0n) is 11.5. The fourth-order valence-corrected chi connectivity index (χ4v) is 2.09. The summed E-state index contributed by atoms with van der Waals surface area (Å²) in [5, 5.41) is 3.96. The maximum Gasteiger partial charge on any atom is 0.243 e. The van der Waals surface area contributed by atoms with Crippen molar-refractivity contribution in [2.75, 3.05) is 0 Å². The van der Waals surface area contributed by atoms with Crippen LogP contribution in [-0.4, -0.2) is 15.1 Å². The van der Waals surface area contributed by atoms with Crippen molar-refractivity contribution in [2.45, 2.75) is 18.9 Å². The number of pyridine rings is 1. The Labute approximate surface area is 122 Å². The molecule has 2 aromatic heterocycles. The second-order valence-corrected chi connectivity index (χ2v) is 4.83. The average Bonchev–Trinajstić information content (AvgIpc) is 3.04. The fraction of sp³-hybridized carbons (Fsp3) is 0.188. The van der Waals surface area contributed by atoms with Crippen molar-refractivity contribution >= 4 is 0 Å². The quantitative estimate of drug-likeness (QED) is 0.777. The van der Waals surface area contributed by atoms with Crippen molar-refractivity contribution in [3.8, 4) is 11.4 Å². The molecule has 0 bridgehead atoms. The summed E-state index contributed by atoms with van der Waals surface area (Å²) in [5.41, 5.74) is 8.19. The van der Waals surface area contributed by atoms with Crippen LogP contribution < -0.4 is 5.73 Å². The van der Waals surface area contributed by atoms with Crippen LogP contribution in [0.1, 0.15) is 23.9 Å². The first-order valence-corrected chi connectivity index (χ1v) is 6.86. The molecule has 2 heterocycles. The van der Waals surface area contributed by atoms with Gasteiger partial charge in [0.05, 0.1) is 6.04 Å². The van der Waals surface area contributed by atoms with Gasteiger partial charge < -0.3 is 10.3 Å². The van der Waals surface area contributed by atoms with Gasteiger partial charge in [-0.05, 0) is 30.5 Å². The Balaban J connectivity index is 1.66. The van der Waals surface area contributed by atoms with E-state index >= 15 is 0 Å². The molecule has 106 valence electrons. The summed E-state index contributed by atoms with van der Waals surface area (Å²) in [6, 6.07) is 13.7. The predicted molar refractivity (Wildman–Crippen MR) is 79.2 cm³/mol. The largest absolute Gasteiger partial charge is 0.337 e. The van der Waals surface area contributed by atoms with E-state index in [4.69, 9.17) is 10.3 Å². The molecule has 1 aromatic carbocycles. The number of nitrogens with zero attached hydrogens (tertiary/aromatic N) is 3. The van der Waals surface area contributed by atoms with Crippen LogP contribution in [0.3, 0.4) is 0 Å². The molecule has 0 aliphatic rings. The minimum Gasteiger partial charge on any atom is -0.337 e. The lowest BCUT2D eigenvalue weighted by Gasteiger charge is -2.06. The normalized spacial score (nSPS) is 12.2. The number of hydrogen-bond donors (Lipinski definition) is 1. The van der Waals surface area contributed by atoms with E-state index in [2.05, 4.69) is 27.3 Å². The van der Waals surface area contributed by atoms with Crippen LogP contribution in [0, 0.1) is 0 Å². The zero-order valence-corrected chi connectivity index (χ0v) is 11.5. The van der Waals surface area contributed by atoms with E-state index in [0.29, 0.717) is 11.7 Å². The first-order valence-electron chi connectivity index (χ1n) is 6.86. The summed E-state index contributed by atoms with van der Waals surface area (Å²) >= 11 is 0. The zero-order chi connectivity index (χ0) is 14.5. The fourth-order valence-electron chi connectivity index (χ4n) is 2.09. The standard InChI is InChI=1S/C16H16N4O/c17-14(9-8-12-5-2-1-3-6-12)16-19-15(20-21-16)13-7-4-10-18-11-13/h1-7,10-11,14H,8-9,17H2. The van der Waals surface area contributed by atoms with Gasteiger partial charge in [0, 0.05) is 18.0 Å². The molecule has 0 aliphatic heterocycles. The topological polar surface area (TPSA) is 77.8 Å². The summed E-state index contributed by atoms with van der Waals surface area (Å²) in [5.74, 6) is 0.984. The highest BCUT2D eigenvalue weighted by Gasteiger charge is 2.15. The van der Waals surface area contributed by atoms with Crippen LogP contribution in [0.15, 0.2) is 59.4 Å². The maximum absolute atomic E-state index is 6.12. The van der Waals surface area contributed by atoms with E-state index < -0.39 is 0 Å². The van der Waals surface area contributed by atoms with E-state index in [1.165, 1.54) is 5.56 Å². The summed E-state index contributed by atoms with van der Waals surface area (Å²) in [7, 11) is 0. The van der Waals surface area contributed by atoms with Crippen LogP contribution in [0.5, 0.6) is 0 Å². The van der Waals surface area contributed by atoms with Gasteiger partial charge in [0.2, 0.25) is 11.7 Å². The lowest BCUT2D eigenvalue weighted by molar-refractivity contribution is 0.349. The number of nitrogens with two attached hydrogens (primary N) is 1. The lowest BCUT2D eigenvalue weighted by atomic mass is 10.1. The van der Waals surface area contributed by atoms with Crippen molar-refractivity contribution in [1.82, 2.24) is 15.1 Å². The molecule has 5 nitrogen and oxygen atoms in total. The minimum atomic E-state index is -0.261. The smallest absolute Gasteiger partial charge is 0.243 e. The highest BCUT2D eigenvalue weighted by atomic mass is 16.5. The van der Waals surface area contributed by atoms with Gasteiger partial charge in [-0.2, -0.15) is 4.98 Å². The number of benzene rings is 1. The summed E-state index contributed by atoms with van der Waals surface area (Å²) < 4.78 is 5.26. The molecule has 1 unspecified atom stereocenters. The van der Waals surface area contributed by atoms with E-state index in [9.17, 15) is 0 Å². The van der Waals surface area contributed by atoms with Gasteiger partial charge in [-0.25, -0.2) is 0 Å².